The fourth-order valence-corrected chi connectivity index (χ4v) is 1.87. The van der Waals surface area contributed by atoms with Crippen molar-refractivity contribution in [1.29, 1.82) is 0 Å². The molecule has 0 saturated heterocycles. The lowest BCUT2D eigenvalue weighted by molar-refractivity contribution is -0.111. The molecule has 2 aromatic rings. The topological polar surface area (TPSA) is 55.4 Å². The largest absolute Gasteiger partial charge is 0.462 e. The Bertz CT molecular complexity index is 723. The van der Waals surface area contributed by atoms with Crippen LogP contribution in [0.5, 0.6) is 0 Å². The van der Waals surface area contributed by atoms with Gasteiger partial charge in [0.1, 0.15) is 5.82 Å². The molecule has 0 spiro atoms. The van der Waals surface area contributed by atoms with Crippen molar-refractivity contribution < 1.29 is 18.7 Å². The van der Waals surface area contributed by atoms with Gasteiger partial charge in [0, 0.05) is 11.8 Å². The molecule has 0 aliphatic carbocycles. The van der Waals surface area contributed by atoms with Crippen molar-refractivity contribution in [2.45, 2.75) is 6.92 Å². The Morgan fingerprint density at radius 2 is 1.91 bits per heavy atom. The molecule has 0 atom stereocenters. The monoisotopic (exact) mass is 313 g/mol. The first kappa shape index (κ1) is 16.4. The number of rotatable bonds is 5. The van der Waals surface area contributed by atoms with Crippen LogP contribution in [-0.4, -0.2) is 18.5 Å². The summed E-state index contributed by atoms with van der Waals surface area (Å²) >= 11 is 0. The number of carbonyl (C=O) groups excluding carboxylic acids is 2. The molecule has 2 rings (SSSR count). The van der Waals surface area contributed by atoms with E-state index in [1.165, 1.54) is 18.2 Å². The van der Waals surface area contributed by atoms with Crippen molar-refractivity contribution in [3.05, 3.63) is 71.6 Å². The van der Waals surface area contributed by atoms with E-state index in [0.717, 1.165) is 0 Å². The van der Waals surface area contributed by atoms with E-state index in [1.807, 2.05) is 0 Å². The molecule has 23 heavy (non-hydrogen) atoms. The Hall–Kier alpha value is -2.95. The summed E-state index contributed by atoms with van der Waals surface area (Å²) in [5.41, 5.74) is 1.57. The quantitative estimate of drug-likeness (QED) is 0.677. The minimum Gasteiger partial charge on any atom is -0.462 e. The minimum atomic E-state index is -0.439. The Morgan fingerprint density at radius 1 is 1.17 bits per heavy atom. The van der Waals surface area contributed by atoms with E-state index >= 15 is 0 Å². The number of nitrogens with one attached hydrogen (secondary N) is 1. The number of ether oxygens (including phenoxy) is 1. The number of esters is 1. The van der Waals surface area contributed by atoms with Crippen LogP contribution in [-0.2, 0) is 9.53 Å². The molecule has 0 fully saturated rings. The van der Waals surface area contributed by atoms with Crippen LogP contribution in [0.3, 0.4) is 0 Å². The maximum atomic E-state index is 12.8. The molecule has 0 radical (unpaired) electrons. The zero-order chi connectivity index (χ0) is 16.7. The molecule has 1 N–H and O–H groups in total. The molecule has 5 heteroatoms. The average molecular weight is 313 g/mol. The number of anilines is 1. The lowest BCUT2D eigenvalue weighted by Gasteiger charge is -2.05. The van der Waals surface area contributed by atoms with E-state index in [2.05, 4.69) is 5.32 Å². The number of amides is 1. The number of benzene rings is 2. The van der Waals surface area contributed by atoms with Crippen molar-refractivity contribution >= 4 is 23.6 Å². The summed E-state index contributed by atoms with van der Waals surface area (Å²) in [6.45, 7) is 2.01. The number of hydrogen-bond acceptors (Lipinski definition) is 3. The first-order chi connectivity index (χ1) is 11.1. The van der Waals surface area contributed by atoms with E-state index < -0.39 is 5.97 Å². The molecule has 0 heterocycles. The van der Waals surface area contributed by atoms with Gasteiger partial charge < -0.3 is 10.1 Å². The van der Waals surface area contributed by atoms with E-state index in [9.17, 15) is 14.0 Å². The van der Waals surface area contributed by atoms with Crippen molar-refractivity contribution in [3.63, 3.8) is 0 Å². The van der Waals surface area contributed by atoms with E-state index in [1.54, 1.807) is 49.4 Å². The third kappa shape index (κ3) is 5.07. The van der Waals surface area contributed by atoms with E-state index in [-0.39, 0.29) is 18.3 Å². The lowest BCUT2D eigenvalue weighted by Crippen LogP contribution is -2.09. The first-order valence-electron chi connectivity index (χ1n) is 7.10. The molecule has 0 bridgehead atoms. The number of carbonyl (C=O) groups is 2. The van der Waals surface area contributed by atoms with Crippen molar-refractivity contribution in [2.24, 2.45) is 0 Å². The van der Waals surface area contributed by atoms with Gasteiger partial charge in [0.25, 0.3) is 0 Å². The van der Waals surface area contributed by atoms with E-state index in [4.69, 9.17) is 4.74 Å². The Morgan fingerprint density at radius 3 is 2.61 bits per heavy atom. The van der Waals surface area contributed by atoms with Gasteiger partial charge in [-0.05, 0) is 48.9 Å². The Labute approximate surface area is 133 Å². The molecule has 0 aliphatic rings. The SMILES string of the molecule is CCOC(=O)c1cccc(NC(=O)/C=C/c2ccc(F)cc2)c1. The second-order valence-corrected chi connectivity index (χ2v) is 4.68. The summed E-state index contributed by atoms with van der Waals surface area (Å²) in [5, 5.41) is 2.65. The summed E-state index contributed by atoms with van der Waals surface area (Å²) in [6.07, 6.45) is 2.91. The van der Waals surface area contributed by atoms with Crippen molar-refractivity contribution in [3.8, 4) is 0 Å². The van der Waals surface area contributed by atoms with Gasteiger partial charge in [0.05, 0.1) is 12.2 Å². The molecule has 2 aromatic carbocycles. The highest BCUT2D eigenvalue weighted by molar-refractivity contribution is 6.02. The summed E-state index contributed by atoms with van der Waals surface area (Å²) < 4.78 is 17.7. The third-order valence-corrected chi connectivity index (χ3v) is 2.94. The summed E-state index contributed by atoms with van der Waals surface area (Å²) in [5.74, 6) is -1.12. The average Bonchev–Trinajstić information content (AvgIpc) is 2.55. The van der Waals surface area contributed by atoms with Crippen LogP contribution in [0, 0.1) is 5.82 Å². The van der Waals surface area contributed by atoms with Crippen LogP contribution < -0.4 is 5.32 Å². The van der Waals surface area contributed by atoms with Gasteiger partial charge in [0.2, 0.25) is 5.91 Å². The van der Waals surface area contributed by atoms with Crippen LogP contribution in [0.2, 0.25) is 0 Å². The second kappa shape index (κ2) is 7.89. The Kier molecular flexibility index (Phi) is 5.63. The second-order valence-electron chi connectivity index (χ2n) is 4.68. The highest BCUT2D eigenvalue weighted by Crippen LogP contribution is 2.12. The zero-order valence-corrected chi connectivity index (χ0v) is 12.6. The molecule has 118 valence electrons. The summed E-state index contributed by atoms with van der Waals surface area (Å²) in [4.78, 5) is 23.5. The molecule has 1 amide bonds. The molecule has 0 aromatic heterocycles. The smallest absolute Gasteiger partial charge is 0.338 e. The zero-order valence-electron chi connectivity index (χ0n) is 12.6. The molecule has 0 saturated carbocycles. The highest BCUT2D eigenvalue weighted by Gasteiger charge is 2.07. The standard InChI is InChI=1S/C18H16FNO3/c1-2-23-18(22)14-4-3-5-16(12-14)20-17(21)11-8-13-6-9-15(19)10-7-13/h3-12H,2H2,1H3,(H,20,21)/b11-8+. The minimum absolute atomic E-state index is 0.288. The molecular weight excluding hydrogens is 297 g/mol. The van der Waals surface area contributed by atoms with Gasteiger partial charge in [-0.25, -0.2) is 9.18 Å². The predicted molar refractivity (Wildman–Crippen MR) is 86.5 cm³/mol. The summed E-state index contributed by atoms with van der Waals surface area (Å²) in [7, 11) is 0. The predicted octanol–water partition coefficient (Wildman–Crippen LogP) is 3.65. The van der Waals surface area contributed by atoms with Gasteiger partial charge in [-0.2, -0.15) is 0 Å². The lowest BCUT2D eigenvalue weighted by atomic mass is 10.2. The number of halogens is 1. The summed E-state index contributed by atoms with van der Waals surface area (Å²) in [6, 6.07) is 12.3. The maximum absolute atomic E-state index is 12.8. The van der Waals surface area contributed by atoms with Gasteiger partial charge in [-0.1, -0.05) is 18.2 Å². The van der Waals surface area contributed by atoms with Crippen LogP contribution >= 0.6 is 0 Å². The maximum Gasteiger partial charge on any atom is 0.338 e. The first-order valence-corrected chi connectivity index (χ1v) is 7.10. The normalized spacial score (nSPS) is 10.5. The van der Waals surface area contributed by atoms with Crippen molar-refractivity contribution in [1.82, 2.24) is 0 Å². The van der Waals surface area contributed by atoms with Crippen LogP contribution in [0.15, 0.2) is 54.6 Å². The fraction of sp³-hybridized carbons (Fsp3) is 0.111. The van der Waals surface area contributed by atoms with Crippen LogP contribution in [0.25, 0.3) is 6.08 Å². The molecule has 4 nitrogen and oxygen atoms in total. The van der Waals surface area contributed by atoms with Crippen LogP contribution in [0.1, 0.15) is 22.8 Å². The third-order valence-electron chi connectivity index (χ3n) is 2.94. The molecule has 0 aliphatic heterocycles. The number of hydrogen-bond donors (Lipinski definition) is 1. The van der Waals surface area contributed by atoms with Gasteiger partial charge >= 0.3 is 5.97 Å². The molecule has 0 unspecified atom stereocenters. The van der Waals surface area contributed by atoms with E-state index in [0.29, 0.717) is 16.8 Å². The van der Waals surface area contributed by atoms with Crippen molar-refractivity contribution in [2.75, 3.05) is 11.9 Å². The van der Waals surface area contributed by atoms with Gasteiger partial charge in [-0.3, -0.25) is 4.79 Å². The fourth-order valence-electron chi connectivity index (χ4n) is 1.87. The highest BCUT2D eigenvalue weighted by atomic mass is 19.1. The Balaban J connectivity index is 2.01. The van der Waals surface area contributed by atoms with Gasteiger partial charge in [-0.15, -0.1) is 0 Å². The van der Waals surface area contributed by atoms with Crippen LogP contribution in [0.4, 0.5) is 10.1 Å². The molecular formula is C18H16FNO3. The van der Waals surface area contributed by atoms with Gasteiger partial charge in [0.15, 0.2) is 0 Å².